The maximum absolute atomic E-state index is 11.0. The molecule has 4 atom stereocenters. The Morgan fingerprint density at radius 3 is 2.77 bits per heavy atom. The lowest BCUT2D eigenvalue weighted by atomic mass is 9.81. The number of fused-ring (bicyclic) bond motifs is 2. The van der Waals surface area contributed by atoms with E-state index in [-0.39, 0.29) is 5.92 Å². The van der Waals surface area contributed by atoms with Gasteiger partial charge >= 0.3 is 0 Å². The minimum Gasteiger partial charge on any atom is -0.544 e. The van der Waals surface area contributed by atoms with E-state index in [0.29, 0.717) is 11.2 Å². The van der Waals surface area contributed by atoms with E-state index in [1.807, 2.05) is 0 Å². The third-order valence-corrected chi connectivity index (χ3v) is 4.80. The van der Waals surface area contributed by atoms with Crippen LogP contribution in [0.25, 0.3) is 0 Å². The molecule has 0 amide bonds. The maximum Gasteiger partial charge on any atom is 0.139 e. The number of thioether (sulfide) groups is 1. The average Bonchev–Trinajstić information content (AvgIpc) is 2.60. The van der Waals surface area contributed by atoms with E-state index >= 15 is 0 Å². The smallest absolute Gasteiger partial charge is 0.139 e. The maximum atomic E-state index is 11.0. The summed E-state index contributed by atoms with van der Waals surface area (Å²) in [5.74, 6) is -0.117. The predicted molar refractivity (Wildman–Crippen MR) is 48.8 cm³/mol. The number of rotatable bonds is 2. The van der Waals surface area contributed by atoms with Crippen molar-refractivity contribution in [3.05, 3.63) is 0 Å². The van der Waals surface area contributed by atoms with Crippen molar-refractivity contribution in [2.45, 2.75) is 30.1 Å². The van der Waals surface area contributed by atoms with Gasteiger partial charge in [0, 0.05) is 17.6 Å². The second-order valence-electron chi connectivity index (χ2n) is 4.37. The lowest BCUT2D eigenvalue weighted by Gasteiger charge is -2.35. The largest absolute Gasteiger partial charge is 0.544 e. The van der Waals surface area contributed by atoms with Gasteiger partial charge in [-0.15, -0.1) is 0 Å². The van der Waals surface area contributed by atoms with Gasteiger partial charge in [-0.05, 0) is 25.0 Å². The van der Waals surface area contributed by atoms with Gasteiger partial charge in [0.15, 0.2) is 0 Å². The molecule has 0 unspecified atom stereocenters. The number of hydrogen-bond donors (Lipinski definition) is 1. The van der Waals surface area contributed by atoms with Crippen molar-refractivity contribution in [2.75, 3.05) is 6.26 Å². The van der Waals surface area contributed by atoms with E-state index in [9.17, 15) is 9.90 Å². The van der Waals surface area contributed by atoms with E-state index < -0.39 is 11.5 Å². The molecular formula is C9H15NO2S. The number of carbonyl (C=O) groups is 1. The lowest BCUT2D eigenvalue weighted by Crippen LogP contribution is -2.82. The minimum absolute atomic E-state index is 0.248. The highest BCUT2D eigenvalue weighted by Gasteiger charge is 2.57. The molecule has 2 bridgehead atoms. The highest BCUT2D eigenvalue weighted by Crippen LogP contribution is 2.52. The van der Waals surface area contributed by atoms with Crippen LogP contribution < -0.4 is 10.8 Å². The molecule has 2 rings (SSSR count). The fourth-order valence-electron chi connectivity index (χ4n) is 3.01. The molecule has 0 spiro atoms. The molecule has 0 heterocycles. The topological polar surface area (TPSA) is 67.8 Å². The molecule has 13 heavy (non-hydrogen) atoms. The van der Waals surface area contributed by atoms with E-state index in [0.717, 1.165) is 12.8 Å². The number of carboxylic acid groups (broad SMARTS) is 1. The number of carboxylic acids is 1. The summed E-state index contributed by atoms with van der Waals surface area (Å²) in [6, 6.07) is 0. The van der Waals surface area contributed by atoms with Gasteiger partial charge in [-0.3, -0.25) is 0 Å². The average molecular weight is 201 g/mol. The summed E-state index contributed by atoms with van der Waals surface area (Å²) in [6.07, 6.45) is 5.01. The van der Waals surface area contributed by atoms with Crippen molar-refractivity contribution >= 4 is 17.7 Å². The Kier molecular flexibility index (Phi) is 2.07. The van der Waals surface area contributed by atoms with E-state index in [2.05, 4.69) is 12.0 Å². The van der Waals surface area contributed by atoms with Gasteiger partial charge in [-0.25, -0.2) is 0 Å². The van der Waals surface area contributed by atoms with E-state index in [1.54, 1.807) is 11.8 Å². The Morgan fingerprint density at radius 2 is 2.31 bits per heavy atom. The predicted octanol–water partition coefficient (Wildman–Crippen LogP) is -1.12. The third-order valence-electron chi connectivity index (χ3n) is 3.67. The van der Waals surface area contributed by atoms with Crippen molar-refractivity contribution in [3.63, 3.8) is 0 Å². The van der Waals surface area contributed by atoms with Crippen LogP contribution in [-0.2, 0) is 4.79 Å². The van der Waals surface area contributed by atoms with E-state index in [4.69, 9.17) is 0 Å². The molecule has 0 aromatic heterocycles. The van der Waals surface area contributed by atoms with Crippen LogP contribution in [0.5, 0.6) is 0 Å². The third kappa shape index (κ3) is 1.19. The molecule has 0 radical (unpaired) electrons. The van der Waals surface area contributed by atoms with Crippen LogP contribution in [-0.4, -0.2) is 23.0 Å². The molecule has 2 aliphatic carbocycles. The summed E-state index contributed by atoms with van der Waals surface area (Å²) in [5, 5.41) is 11.5. The normalized spacial score (nSPS) is 48.3. The van der Waals surface area contributed by atoms with Crippen molar-refractivity contribution < 1.29 is 15.6 Å². The van der Waals surface area contributed by atoms with Crippen LogP contribution in [0, 0.1) is 11.8 Å². The SMILES string of the molecule is CS[C@H]1C[C@@H]2C[C@H]1[C@]([NH3+])(C(=O)[O-])C2. The molecule has 0 aliphatic heterocycles. The fraction of sp³-hybridized carbons (Fsp3) is 0.889. The molecule has 0 aromatic carbocycles. The minimum atomic E-state index is -0.946. The molecule has 0 saturated heterocycles. The van der Waals surface area contributed by atoms with Crippen molar-refractivity contribution in [3.8, 4) is 0 Å². The molecule has 2 saturated carbocycles. The molecule has 3 nitrogen and oxygen atoms in total. The Hall–Kier alpha value is -0.220. The highest BCUT2D eigenvalue weighted by atomic mass is 32.2. The van der Waals surface area contributed by atoms with Crippen LogP contribution in [0.15, 0.2) is 0 Å². The molecule has 0 aromatic rings. The monoisotopic (exact) mass is 201 g/mol. The first-order valence-corrected chi connectivity index (χ1v) is 5.96. The summed E-state index contributed by atoms with van der Waals surface area (Å²) in [5.41, 5.74) is 3.09. The Bertz CT molecular complexity index is 246. The van der Waals surface area contributed by atoms with Gasteiger partial charge in [0.2, 0.25) is 0 Å². The standard InChI is InChI=1S/C9H15NO2S/c1-13-7-3-5-2-6(7)9(10,4-5)8(11)12/h5-7H,2-4,10H2,1H3,(H,11,12)/t5-,6+,7-,9-/m0/s1. The number of aliphatic carboxylic acids is 1. The van der Waals surface area contributed by atoms with Crippen LogP contribution in [0.4, 0.5) is 0 Å². The summed E-state index contributed by atoms with van der Waals surface area (Å²) >= 11 is 1.78. The Morgan fingerprint density at radius 1 is 1.62 bits per heavy atom. The molecule has 3 N–H and O–H groups in total. The second-order valence-corrected chi connectivity index (χ2v) is 5.44. The quantitative estimate of drug-likeness (QED) is 0.615. The first kappa shape index (κ1) is 9.34. The Labute approximate surface area is 82.1 Å². The zero-order valence-corrected chi connectivity index (χ0v) is 8.60. The zero-order chi connectivity index (χ0) is 9.64. The number of carbonyl (C=O) groups excluding carboxylic acids is 1. The summed E-state index contributed by atoms with van der Waals surface area (Å²) < 4.78 is 0. The zero-order valence-electron chi connectivity index (χ0n) is 7.79. The van der Waals surface area contributed by atoms with Gasteiger partial charge in [0.1, 0.15) is 11.5 Å². The van der Waals surface area contributed by atoms with Crippen molar-refractivity contribution in [2.24, 2.45) is 11.8 Å². The molecule has 2 aliphatic rings. The first-order chi connectivity index (χ1) is 6.08. The first-order valence-electron chi connectivity index (χ1n) is 4.67. The molecular weight excluding hydrogens is 186 g/mol. The molecule has 4 heteroatoms. The van der Waals surface area contributed by atoms with Crippen LogP contribution in [0.1, 0.15) is 19.3 Å². The van der Waals surface area contributed by atoms with Gasteiger partial charge in [0.05, 0.1) is 0 Å². The number of quaternary nitrogens is 1. The fourth-order valence-corrected chi connectivity index (χ4v) is 4.17. The van der Waals surface area contributed by atoms with Crippen LogP contribution in [0.3, 0.4) is 0 Å². The van der Waals surface area contributed by atoms with Gasteiger partial charge in [0.25, 0.3) is 0 Å². The summed E-state index contributed by atoms with van der Waals surface area (Å²) in [7, 11) is 0. The van der Waals surface area contributed by atoms with Gasteiger partial charge < -0.3 is 15.6 Å². The van der Waals surface area contributed by atoms with Crippen molar-refractivity contribution in [1.29, 1.82) is 0 Å². The van der Waals surface area contributed by atoms with Crippen LogP contribution in [0.2, 0.25) is 0 Å². The summed E-state index contributed by atoms with van der Waals surface area (Å²) in [4.78, 5) is 11.0. The van der Waals surface area contributed by atoms with E-state index in [1.165, 1.54) is 6.42 Å². The van der Waals surface area contributed by atoms with Crippen molar-refractivity contribution in [1.82, 2.24) is 0 Å². The molecule has 2 fully saturated rings. The van der Waals surface area contributed by atoms with Gasteiger partial charge in [-0.2, -0.15) is 11.8 Å². The Balaban J connectivity index is 2.22. The van der Waals surface area contributed by atoms with Crippen LogP contribution >= 0.6 is 11.8 Å². The highest BCUT2D eigenvalue weighted by molar-refractivity contribution is 7.99. The van der Waals surface area contributed by atoms with Gasteiger partial charge in [-0.1, -0.05) is 0 Å². The lowest BCUT2D eigenvalue weighted by molar-refractivity contribution is -0.496. The summed E-state index contributed by atoms with van der Waals surface area (Å²) in [6.45, 7) is 0. The second kappa shape index (κ2) is 2.89. The number of hydrogen-bond acceptors (Lipinski definition) is 3. The molecule has 74 valence electrons.